The van der Waals surface area contributed by atoms with Crippen molar-refractivity contribution in [3.05, 3.63) is 52.9 Å². The van der Waals surface area contributed by atoms with Crippen LogP contribution in [0.5, 0.6) is 0 Å². The molecule has 2 aromatic heterocycles. The highest BCUT2D eigenvalue weighted by atomic mass is 19.1. The number of halogens is 2. The maximum Gasteiger partial charge on any atom is 0.157 e. The van der Waals surface area contributed by atoms with Gasteiger partial charge in [-0.25, -0.2) is 13.8 Å². The molecule has 0 saturated carbocycles. The normalized spacial score (nSPS) is 15.1. The third kappa shape index (κ3) is 3.75. The molecule has 0 aliphatic carbocycles. The van der Waals surface area contributed by atoms with Crippen molar-refractivity contribution >= 4 is 22.4 Å². The number of rotatable bonds is 5. The van der Waals surface area contributed by atoms with Crippen molar-refractivity contribution in [1.82, 2.24) is 20.1 Å². The number of aryl methyl sites for hydroxylation is 1. The van der Waals surface area contributed by atoms with Gasteiger partial charge in [-0.3, -0.25) is 0 Å². The maximum absolute atomic E-state index is 14.4. The summed E-state index contributed by atoms with van der Waals surface area (Å²) in [6, 6.07) is 5.57. The van der Waals surface area contributed by atoms with Crippen molar-refractivity contribution in [2.45, 2.75) is 25.9 Å². The first-order valence-corrected chi connectivity index (χ1v) is 9.89. The first-order chi connectivity index (χ1) is 14.7. The summed E-state index contributed by atoms with van der Waals surface area (Å²) in [5.74, 6) is -0.136. The molecule has 1 aliphatic rings. The minimum absolute atomic E-state index is 0.0365. The van der Waals surface area contributed by atoms with Crippen LogP contribution in [0.3, 0.4) is 0 Å². The Bertz CT molecular complexity index is 1200. The van der Waals surface area contributed by atoms with Crippen LogP contribution in [0.2, 0.25) is 0 Å². The van der Waals surface area contributed by atoms with Gasteiger partial charge in [-0.2, -0.15) is 10.4 Å². The van der Waals surface area contributed by atoms with E-state index in [9.17, 15) is 8.78 Å². The van der Waals surface area contributed by atoms with Crippen LogP contribution in [0.15, 0.2) is 24.4 Å². The van der Waals surface area contributed by atoms with Crippen LogP contribution in [-0.4, -0.2) is 52.8 Å². The van der Waals surface area contributed by atoms with E-state index in [-0.39, 0.29) is 23.2 Å². The van der Waals surface area contributed by atoms with Crippen LogP contribution in [0, 0.1) is 29.9 Å². The Balaban J connectivity index is 1.64. The Kier molecular flexibility index (Phi) is 5.19. The maximum atomic E-state index is 14.4. The van der Waals surface area contributed by atoms with Crippen molar-refractivity contribution in [1.29, 1.82) is 5.26 Å². The number of benzene rings is 1. The molecule has 160 valence electrons. The highest BCUT2D eigenvalue weighted by molar-refractivity contribution is 5.94. The number of fused-ring (bicyclic) bond motifs is 1. The van der Waals surface area contributed by atoms with Gasteiger partial charge >= 0.3 is 0 Å². The summed E-state index contributed by atoms with van der Waals surface area (Å²) in [7, 11) is 4.13. The van der Waals surface area contributed by atoms with Crippen LogP contribution >= 0.6 is 0 Å². The molecule has 0 spiro atoms. The Labute approximate surface area is 179 Å². The van der Waals surface area contributed by atoms with Crippen LogP contribution in [-0.2, 0) is 6.54 Å². The van der Waals surface area contributed by atoms with E-state index in [1.165, 1.54) is 0 Å². The van der Waals surface area contributed by atoms with Crippen LogP contribution < -0.4 is 10.2 Å². The molecule has 7 nitrogen and oxygen atoms in total. The minimum Gasteiger partial charge on any atom is -0.364 e. The lowest BCUT2D eigenvalue weighted by molar-refractivity contribution is 0.132. The van der Waals surface area contributed by atoms with Crippen molar-refractivity contribution in [3.8, 4) is 6.07 Å². The summed E-state index contributed by atoms with van der Waals surface area (Å²) >= 11 is 0. The number of pyridine rings is 1. The monoisotopic (exact) mass is 423 g/mol. The fourth-order valence-corrected chi connectivity index (χ4v) is 3.72. The van der Waals surface area contributed by atoms with E-state index in [0.29, 0.717) is 5.82 Å². The first kappa shape index (κ1) is 20.9. The molecular weight excluding hydrogens is 400 g/mol. The lowest BCUT2D eigenvalue weighted by Crippen LogP contribution is -2.67. The summed E-state index contributed by atoms with van der Waals surface area (Å²) in [5, 5.41) is 22.0. The van der Waals surface area contributed by atoms with Gasteiger partial charge in [0, 0.05) is 42.2 Å². The Morgan fingerprint density at radius 1 is 1.19 bits per heavy atom. The van der Waals surface area contributed by atoms with Crippen molar-refractivity contribution in [2.24, 2.45) is 0 Å². The predicted molar refractivity (Wildman–Crippen MR) is 115 cm³/mol. The fourth-order valence-electron chi connectivity index (χ4n) is 3.72. The van der Waals surface area contributed by atoms with E-state index in [1.54, 1.807) is 12.3 Å². The van der Waals surface area contributed by atoms with E-state index in [1.807, 2.05) is 13.0 Å². The van der Waals surface area contributed by atoms with Gasteiger partial charge in [0.15, 0.2) is 5.82 Å². The topological polar surface area (TPSA) is 81.0 Å². The van der Waals surface area contributed by atoms with E-state index < -0.39 is 11.6 Å². The van der Waals surface area contributed by atoms with Crippen molar-refractivity contribution in [3.63, 3.8) is 0 Å². The molecule has 9 heteroatoms. The van der Waals surface area contributed by atoms with Crippen molar-refractivity contribution < 1.29 is 8.78 Å². The molecule has 3 heterocycles. The molecule has 0 bridgehead atoms. The van der Waals surface area contributed by atoms with Gasteiger partial charge in [-0.1, -0.05) is 0 Å². The second-order valence-corrected chi connectivity index (χ2v) is 8.36. The summed E-state index contributed by atoms with van der Waals surface area (Å²) in [6.07, 6.45) is 1.77. The average molecular weight is 423 g/mol. The van der Waals surface area contributed by atoms with Gasteiger partial charge in [0.05, 0.1) is 16.8 Å². The number of likely N-dealkylation sites (N-methyl/N-ethyl adjacent to an activating group) is 1. The quantitative estimate of drug-likeness (QED) is 0.675. The van der Waals surface area contributed by atoms with Crippen molar-refractivity contribution in [2.75, 3.05) is 37.4 Å². The molecule has 1 saturated heterocycles. The first-order valence-electron chi connectivity index (χ1n) is 9.89. The Hall–Kier alpha value is -3.38. The van der Waals surface area contributed by atoms with E-state index >= 15 is 0 Å². The zero-order chi connectivity index (χ0) is 22.3. The lowest BCUT2D eigenvalue weighted by Gasteiger charge is -2.52. The number of hydrogen-bond donors (Lipinski definition) is 1. The van der Waals surface area contributed by atoms with E-state index in [2.05, 4.69) is 51.3 Å². The third-order valence-electron chi connectivity index (χ3n) is 5.98. The standard InChI is InChI=1S/C22H23F2N7/c1-13-18-10-26-19(31-11-22(2,12-31)30(3)4)7-17(18)21(29-28-13)27-9-15-6-16(23)5-14(8-25)20(15)24/h5-7,10H,9,11-12H2,1-4H3,(H,27,29). The summed E-state index contributed by atoms with van der Waals surface area (Å²) in [6.45, 7) is 5.72. The minimum atomic E-state index is -0.744. The Morgan fingerprint density at radius 2 is 1.94 bits per heavy atom. The second-order valence-electron chi connectivity index (χ2n) is 8.36. The van der Waals surface area contributed by atoms with Gasteiger partial charge < -0.3 is 15.1 Å². The van der Waals surface area contributed by atoms with E-state index in [0.717, 1.165) is 47.5 Å². The van der Waals surface area contributed by atoms with Crippen LogP contribution in [0.25, 0.3) is 10.8 Å². The molecule has 0 radical (unpaired) electrons. The Morgan fingerprint density at radius 3 is 2.61 bits per heavy atom. The van der Waals surface area contributed by atoms with Crippen LogP contribution in [0.1, 0.15) is 23.7 Å². The van der Waals surface area contributed by atoms with Crippen LogP contribution in [0.4, 0.5) is 20.4 Å². The second kappa shape index (κ2) is 7.71. The molecule has 1 fully saturated rings. The zero-order valence-corrected chi connectivity index (χ0v) is 17.9. The molecular formula is C22H23F2N7. The summed E-state index contributed by atoms with van der Waals surface area (Å²) in [4.78, 5) is 8.98. The number of hydrogen-bond acceptors (Lipinski definition) is 7. The molecule has 4 rings (SSSR count). The number of aromatic nitrogens is 3. The summed E-state index contributed by atoms with van der Waals surface area (Å²) in [5.41, 5.74) is 0.540. The molecule has 0 unspecified atom stereocenters. The lowest BCUT2D eigenvalue weighted by atomic mass is 9.91. The molecule has 31 heavy (non-hydrogen) atoms. The molecule has 1 aliphatic heterocycles. The molecule has 0 amide bonds. The molecule has 0 atom stereocenters. The highest BCUT2D eigenvalue weighted by Crippen LogP contribution is 2.33. The largest absolute Gasteiger partial charge is 0.364 e. The molecule has 1 aromatic carbocycles. The van der Waals surface area contributed by atoms with Gasteiger partial charge in [-0.05, 0) is 46.1 Å². The summed E-state index contributed by atoms with van der Waals surface area (Å²) < 4.78 is 28.2. The highest BCUT2D eigenvalue weighted by Gasteiger charge is 2.41. The third-order valence-corrected chi connectivity index (χ3v) is 5.98. The molecule has 1 N–H and O–H groups in total. The number of nitrogens with one attached hydrogen (secondary N) is 1. The molecule has 3 aromatic rings. The number of nitrogens with zero attached hydrogens (tertiary/aromatic N) is 6. The predicted octanol–water partition coefficient (Wildman–Crippen LogP) is 3.24. The van der Waals surface area contributed by atoms with Gasteiger partial charge in [0.25, 0.3) is 0 Å². The number of nitriles is 1. The van der Waals surface area contributed by atoms with Gasteiger partial charge in [-0.15, -0.1) is 5.10 Å². The smallest absolute Gasteiger partial charge is 0.157 e. The van der Waals surface area contributed by atoms with Gasteiger partial charge in [0.1, 0.15) is 23.5 Å². The van der Waals surface area contributed by atoms with E-state index in [4.69, 9.17) is 5.26 Å². The average Bonchev–Trinajstić information content (AvgIpc) is 2.72. The fraction of sp³-hybridized carbons (Fsp3) is 0.364. The SMILES string of the molecule is Cc1nnc(NCc2cc(F)cc(C#N)c2F)c2cc(N3CC(C)(N(C)C)C3)ncc12. The van der Waals surface area contributed by atoms with Gasteiger partial charge in [0.2, 0.25) is 0 Å². The zero-order valence-electron chi connectivity index (χ0n) is 17.9. The number of anilines is 2.